The first-order valence-electron chi connectivity index (χ1n) is 12.7. The van der Waals surface area contributed by atoms with E-state index in [2.05, 4.69) is 51.6 Å². The number of amides is 1. The Kier molecular flexibility index (Phi) is 6.92. The van der Waals surface area contributed by atoms with Crippen molar-refractivity contribution >= 4 is 40.8 Å². The predicted octanol–water partition coefficient (Wildman–Crippen LogP) is 4.99. The number of pyridine rings is 1. The normalized spacial score (nSPS) is 19.8. The van der Waals surface area contributed by atoms with Crippen LogP contribution in [0.3, 0.4) is 0 Å². The first kappa shape index (κ1) is 24.5. The Balaban J connectivity index is 1.17. The molecule has 1 unspecified atom stereocenters. The maximum absolute atomic E-state index is 11.8. The Morgan fingerprint density at radius 2 is 1.89 bits per heavy atom. The zero-order chi connectivity index (χ0) is 25.4. The Hall–Kier alpha value is -2.88. The maximum Gasteiger partial charge on any atom is 0.249 e. The van der Waals surface area contributed by atoms with Crippen LogP contribution in [0, 0.1) is 0 Å². The van der Waals surface area contributed by atoms with Crippen LogP contribution in [0.5, 0.6) is 0 Å². The molecule has 1 aromatic heterocycles. The van der Waals surface area contributed by atoms with Crippen LogP contribution in [0.2, 0.25) is 0 Å². The molecule has 2 N–H and O–H groups in total. The molecule has 6 rings (SSSR count). The van der Waals surface area contributed by atoms with Gasteiger partial charge in [-0.25, -0.2) is 0 Å². The first-order valence-corrected chi connectivity index (χ1v) is 14.4. The zero-order valence-corrected chi connectivity index (χ0v) is 22.4. The van der Waals surface area contributed by atoms with E-state index in [0.717, 1.165) is 43.9 Å². The molecule has 1 atom stereocenters. The van der Waals surface area contributed by atoms with Gasteiger partial charge >= 0.3 is 0 Å². The molecule has 0 saturated carbocycles. The van der Waals surface area contributed by atoms with E-state index in [1.54, 1.807) is 19.2 Å². The number of benzene rings is 2. The molecule has 2 saturated heterocycles. The van der Waals surface area contributed by atoms with Crippen LogP contribution in [0.4, 0.5) is 11.4 Å². The number of likely N-dealkylation sites (tertiary alicyclic amines) is 1. The standard InChI is InChI=1S/C28H30N4O3S2/c1-18(33)31-11-8-19(9-12-31)30-20-5-6-24-26(15-20)36-25-4-2-3-22(28(25)37-24)23-17-32(13-14-35-23)21-7-10-29-27(34)16-21/h2-7,10,15-16,19,23,30H,8-9,11-14,17H2,1H3,(H,29,34). The van der Waals surface area contributed by atoms with E-state index in [9.17, 15) is 9.59 Å². The van der Waals surface area contributed by atoms with Gasteiger partial charge in [0.2, 0.25) is 11.5 Å². The number of hydrogen-bond donors (Lipinski definition) is 2. The van der Waals surface area contributed by atoms with Crippen molar-refractivity contribution in [3.63, 3.8) is 0 Å². The van der Waals surface area contributed by atoms with Gasteiger partial charge in [0.15, 0.2) is 0 Å². The number of piperidine rings is 1. The fourth-order valence-electron chi connectivity index (χ4n) is 5.24. The third-order valence-corrected chi connectivity index (χ3v) is 9.85. The van der Waals surface area contributed by atoms with Gasteiger partial charge in [-0.1, -0.05) is 35.7 Å². The van der Waals surface area contributed by atoms with Crippen molar-refractivity contribution in [1.29, 1.82) is 0 Å². The second kappa shape index (κ2) is 10.5. The zero-order valence-electron chi connectivity index (χ0n) is 20.7. The Morgan fingerprint density at radius 1 is 1.03 bits per heavy atom. The van der Waals surface area contributed by atoms with Gasteiger partial charge in [0.05, 0.1) is 6.61 Å². The molecular formula is C28H30N4O3S2. The molecule has 37 heavy (non-hydrogen) atoms. The lowest BCUT2D eigenvalue weighted by Crippen LogP contribution is -2.41. The summed E-state index contributed by atoms with van der Waals surface area (Å²) in [7, 11) is 0. The van der Waals surface area contributed by atoms with Gasteiger partial charge in [-0.05, 0) is 48.7 Å². The van der Waals surface area contributed by atoms with Crippen LogP contribution >= 0.6 is 23.5 Å². The number of aromatic amines is 1. The van der Waals surface area contributed by atoms with Crippen molar-refractivity contribution in [1.82, 2.24) is 9.88 Å². The first-order chi connectivity index (χ1) is 18.0. The number of carbonyl (C=O) groups is 1. The van der Waals surface area contributed by atoms with Crippen molar-refractivity contribution < 1.29 is 9.53 Å². The highest BCUT2D eigenvalue weighted by Gasteiger charge is 2.29. The van der Waals surface area contributed by atoms with E-state index in [0.29, 0.717) is 19.2 Å². The van der Waals surface area contributed by atoms with E-state index in [1.807, 2.05) is 34.5 Å². The summed E-state index contributed by atoms with van der Waals surface area (Å²) < 4.78 is 6.24. The lowest BCUT2D eigenvalue weighted by atomic mass is 10.0. The number of ether oxygens (including phenoxy) is 1. The van der Waals surface area contributed by atoms with Crippen molar-refractivity contribution in [2.24, 2.45) is 0 Å². The highest BCUT2D eigenvalue weighted by Crippen LogP contribution is 2.51. The van der Waals surface area contributed by atoms with Crippen LogP contribution in [-0.4, -0.2) is 54.6 Å². The summed E-state index contributed by atoms with van der Waals surface area (Å²) in [6, 6.07) is 17.1. The van der Waals surface area contributed by atoms with Gasteiger partial charge in [-0.15, -0.1) is 0 Å². The number of morpholine rings is 1. The van der Waals surface area contributed by atoms with Crippen molar-refractivity contribution in [2.75, 3.05) is 43.0 Å². The average molecular weight is 535 g/mol. The number of aromatic nitrogens is 1. The molecule has 0 bridgehead atoms. The quantitative estimate of drug-likeness (QED) is 0.382. The lowest BCUT2D eigenvalue weighted by Gasteiger charge is -2.36. The Morgan fingerprint density at radius 3 is 2.70 bits per heavy atom. The summed E-state index contributed by atoms with van der Waals surface area (Å²) in [6.07, 6.45) is 3.59. The molecule has 3 aromatic rings. The summed E-state index contributed by atoms with van der Waals surface area (Å²) in [5.41, 5.74) is 3.18. The van der Waals surface area contributed by atoms with E-state index in [4.69, 9.17) is 4.74 Å². The van der Waals surface area contributed by atoms with E-state index >= 15 is 0 Å². The fraction of sp³-hybridized carbons (Fsp3) is 0.357. The number of fused-ring (bicyclic) bond motifs is 2. The predicted molar refractivity (Wildman–Crippen MR) is 148 cm³/mol. The van der Waals surface area contributed by atoms with Gasteiger partial charge in [0.25, 0.3) is 0 Å². The highest BCUT2D eigenvalue weighted by atomic mass is 32.2. The van der Waals surface area contributed by atoms with Crippen LogP contribution in [0.15, 0.2) is 79.1 Å². The number of nitrogens with one attached hydrogen (secondary N) is 2. The molecule has 2 aromatic carbocycles. The van der Waals surface area contributed by atoms with Gasteiger partial charge in [-0.3, -0.25) is 9.59 Å². The molecule has 3 aliphatic heterocycles. The van der Waals surface area contributed by atoms with Gasteiger partial charge in [0.1, 0.15) is 6.10 Å². The third kappa shape index (κ3) is 5.26. The summed E-state index contributed by atoms with van der Waals surface area (Å²) in [6.45, 7) is 5.39. The molecular weight excluding hydrogens is 504 g/mol. The molecule has 0 spiro atoms. The van der Waals surface area contributed by atoms with Crippen molar-refractivity contribution in [2.45, 2.75) is 51.5 Å². The van der Waals surface area contributed by atoms with E-state index < -0.39 is 0 Å². The molecule has 0 radical (unpaired) electrons. The summed E-state index contributed by atoms with van der Waals surface area (Å²) in [5.74, 6) is 0.167. The molecule has 4 heterocycles. The third-order valence-electron chi connectivity index (χ3n) is 7.23. The van der Waals surface area contributed by atoms with Crippen LogP contribution in [-0.2, 0) is 9.53 Å². The molecule has 7 nitrogen and oxygen atoms in total. The molecule has 9 heteroatoms. The van der Waals surface area contributed by atoms with Crippen LogP contribution < -0.4 is 15.8 Å². The second-order valence-corrected chi connectivity index (χ2v) is 11.8. The van der Waals surface area contributed by atoms with Crippen LogP contribution in [0.25, 0.3) is 0 Å². The molecule has 192 valence electrons. The minimum Gasteiger partial charge on any atom is -0.382 e. The average Bonchev–Trinajstić information content (AvgIpc) is 2.92. The minimum absolute atomic E-state index is 0.0561. The monoisotopic (exact) mass is 534 g/mol. The second-order valence-electron chi connectivity index (χ2n) is 9.68. The van der Waals surface area contributed by atoms with Gasteiger partial charge in [0, 0.05) is 82.4 Å². The number of H-pyrrole nitrogens is 1. The Labute approximate surface area is 225 Å². The summed E-state index contributed by atoms with van der Waals surface area (Å²) in [4.78, 5) is 35.3. The molecule has 0 aliphatic carbocycles. The maximum atomic E-state index is 11.8. The van der Waals surface area contributed by atoms with E-state index in [1.165, 1.54) is 25.1 Å². The van der Waals surface area contributed by atoms with Crippen molar-refractivity contribution in [3.05, 3.63) is 70.6 Å². The number of hydrogen-bond acceptors (Lipinski definition) is 7. The minimum atomic E-state index is -0.0865. The number of anilines is 2. The fourth-order valence-corrected chi connectivity index (χ4v) is 7.69. The molecule has 3 aliphatic rings. The number of nitrogens with zero attached hydrogens (tertiary/aromatic N) is 2. The highest BCUT2D eigenvalue weighted by molar-refractivity contribution is 8.05. The van der Waals surface area contributed by atoms with Crippen LogP contribution in [0.1, 0.15) is 31.4 Å². The lowest BCUT2D eigenvalue weighted by molar-refractivity contribution is -0.129. The summed E-state index contributed by atoms with van der Waals surface area (Å²) in [5, 5.41) is 3.69. The van der Waals surface area contributed by atoms with Gasteiger partial charge < -0.3 is 24.8 Å². The largest absolute Gasteiger partial charge is 0.382 e. The number of carbonyl (C=O) groups excluding carboxylic acids is 1. The molecule has 1 amide bonds. The number of rotatable bonds is 4. The van der Waals surface area contributed by atoms with Gasteiger partial charge in [-0.2, -0.15) is 0 Å². The summed E-state index contributed by atoms with van der Waals surface area (Å²) >= 11 is 3.63. The smallest absolute Gasteiger partial charge is 0.249 e. The topological polar surface area (TPSA) is 77.7 Å². The SMILES string of the molecule is CC(=O)N1CCC(Nc2ccc3c(c2)Sc2cccc(C4CN(c5cc[nH]c(=O)c5)CCO4)c2S3)CC1. The van der Waals surface area contributed by atoms with Crippen molar-refractivity contribution in [3.8, 4) is 0 Å². The van der Waals surface area contributed by atoms with E-state index in [-0.39, 0.29) is 17.6 Å². The molecule has 2 fully saturated rings. The Bertz CT molecular complexity index is 1370.